The second-order valence-electron chi connectivity index (χ2n) is 9.39. The Morgan fingerprint density at radius 2 is 1.69 bits per heavy atom. The van der Waals surface area contributed by atoms with Gasteiger partial charge in [-0.15, -0.1) is 0 Å². The average Bonchev–Trinajstić information content (AvgIpc) is 2.90. The molecule has 0 aliphatic heterocycles. The van der Waals surface area contributed by atoms with E-state index in [1.165, 1.54) is 23.1 Å². The van der Waals surface area contributed by atoms with E-state index in [0.717, 1.165) is 26.5 Å². The van der Waals surface area contributed by atoms with Crippen LogP contribution in [0.2, 0.25) is 5.02 Å². The molecule has 0 saturated carbocycles. The fourth-order valence-electron chi connectivity index (χ4n) is 3.76. The molecule has 0 saturated heterocycles. The molecule has 1 N–H and O–H groups in total. The lowest BCUT2D eigenvalue weighted by Gasteiger charge is -2.32. The highest BCUT2D eigenvalue weighted by molar-refractivity contribution is 9.10. The van der Waals surface area contributed by atoms with Crippen LogP contribution < -0.4 is 9.62 Å². The standard InChI is InChI=1S/C28H30BrClFN3O4S/c1-19(2)16-32-28(36)20(3)33(17-21-8-7-9-22(29)14-21)27(35)18-34(23-12-13-26(31)25(30)15-23)39(37,38)24-10-5-4-6-11-24/h4-15,19-20H,16-18H2,1-3H3,(H,32,36)/t20-/m1/s1. The number of hydrogen-bond donors (Lipinski definition) is 1. The molecular formula is C28H30BrClFN3O4S. The highest BCUT2D eigenvalue weighted by Crippen LogP contribution is 2.28. The van der Waals surface area contributed by atoms with Crippen molar-refractivity contribution in [3.63, 3.8) is 0 Å². The molecule has 1 atom stereocenters. The van der Waals surface area contributed by atoms with Crippen molar-refractivity contribution in [3.8, 4) is 0 Å². The van der Waals surface area contributed by atoms with E-state index < -0.39 is 34.3 Å². The van der Waals surface area contributed by atoms with Gasteiger partial charge in [0.15, 0.2) is 0 Å². The third kappa shape index (κ3) is 8.03. The van der Waals surface area contributed by atoms with Gasteiger partial charge in [0.2, 0.25) is 11.8 Å². The molecule has 0 unspecified atom stereocenters. The van der Waals surface area contributed by atoms with Crippen LogP contribution in [0.4, 0.5) is 10.1 Å². The molecule has 0 heterocycles. The molecule has 0 fully saturated rings. The number of rotatable bonds is 11. The van der Waals surface area contributed by atoms with Crippen LogP contribution in [-0.4, -0.2) is 44.3 Å². The van der Waals surface area contributed by atoms with Crippen LogP contribution in [0.3, 0.4) is 0 Å². The molecule has 11 heteroatoms. The number of carbonyl (C=O) groups is 2. The number of nitrogens with zero attached hydrogens (tertiary/aromatic N) is 2. The number of carbonyl (C=O) groups excluding carboxylic acids is 2. The first-order chi connectivity index (χ1) is 18.4. The molecule has 0 radical (unpaired) electrons. The Labute approximate surface area is 242 Å². The minimum absolute atomic E-state index is 0.0120. The van der Waals surface area contributed by atoms with E-state index in [4.69, 9.17) is 11.6 Å². The van der Waals surface area contributed by atoms with E-state index in [9.17, 15) is 22.4 Å². The van der Waals surface area contributed by atoms with E-state index in [0.29, 0.717) is 6.54 Å². The molecule has 3 aromatic rings. The van der Waals surface area contributed by atoms with Crippen LogP contribution in [0.15, 0.2) is 82.2 Å². The van der Waals surface area contributed by atoms with Gasteiger partial charge in [0.05, 0.1) is 15.6 Å². The SMILES string of the molecule is CC(C)CNC(=O)[C@@H](C)N(Cc1cccc(Br)c1)C(=O)CN(c1ccc(F)c(Cl)c1)S(=O)(=O)c1ccccc1. The van der Waals surface area contributed by atoms with Crippen molar-refractivity contribution in [1.82, 2.24) is 10.2 Å². The Balaban J connectivity index is 2.03. The van der Waals surface area contributed by atoms with Crippen LogP contribution in [0.1, 0.15) is 26.3 Å². The zero-order valence-electron chi connectivity index (χ0n) is 21.8. The summed E-state index contributed by atoms with van der Waals surface area (Å²) in [5.74, 6) is -1.52. The second kappa shape index (κ2) is 13.4. The van der Waals surface area contributed by atoms with Crippen molar-refractivity contribution in [2.45, 2.75) is 38.3 Å². The van der Waals surface area contributed by atoms with E-state index in [1.54, 1.807) is 31.2 Å². The zero-order valence-corrected chi connectivity index (χ0v) is 24.9. The highest BCUT2D eigenvalue weighted by atomic mass is 79.9. The van der Waals surface area contributed by atoms with Crippen molar-refractivity contribution in [3.05, 3.63) is 93.7 Å². The van der Waals surface area contributed by atoms with Crippen molar-refractivity contribution < 1.29 is 22.4 Å². The maximum Gasteiger partial charge on any atom is 0.264 e. The summed E-state index contributed by atoms with van der Waals surface area (Å²) in [6.45, 7) is 5.33. The summed E-state index contributed by atoms with van der Waals surface area (Å²) in [5, 5.41) is 2.55. The lowest BCUT2D eigenvalue weighted by atomic mass is 10.1. The molecule has 208 valence electrons. The lowest BCUT2D eigenvalue weighted by Crippen LogP contribution is -2.51. The molecule has 7 nitrogen and oxygen atoms in total. The largest absolute Gasteiger partial charge is 0.354 e. The molecule has 0 spiro atoms. The Kier molecular flexibility index (Phi) is 10.5. The van der Waals surface area contributed by atoms with Crippen molar-refractivity contribution in [2.75, 3.05) is 17.4 Å². The number of amides is 2. The molecule has 0 aliphatic rings. The molecular weight excluding hydrogens is 609 g/mol. The van der Waals surface area contributed by atoms with E-state index in [-0.39, 0.29) is 34.0 Å². The second-order valence-corrected chi connectivity index (χ2v) is 12.6. The van der Waals surface area contributed by atoms with Crippen LogP contribution in [0.5, 0.6) is 0 Å². The van der Waals surface area contributed by atoms with E-state index in [2.05, 4.69) is 21.2 Å². The number of sulfonamides is 1. The summed E-state index contributed by atoms with van der Waals surface area (Å²) in [6, 6.07) is 17.4. The van der Waals surface area contributed by atoms with Gasteiger partial charge in [-0.25, -0.2) is 12.8 Å². The summed E-state index contributed by atoms with van der Waals surface area (Å²) < 4.78 is 43.0. The number of nitrogens with one attached hydrogen (secondary N) is 1. The van der Waals surface area contributed by atoms with Gasteiger partial charge < -0.3 is 10.2 Å². The summed E-state index contributed by atoms with van der Waals surface area (Å²) in [6.07, 6.45) is 0. The van der Waals surface area contributed by atoms with Crippen LogP contribution >= 0.6 is 27.5 Å². The molecule has 3 aromatic carbocycles. The van der Waals surface area contributed by atoms with E-state index >= 15 is 0 Å². The fraction of sp³-hybridized carbons (Fsp3) is 0.286. The van der Waals surface area contributed by atoms with Gasteiger partial charge in [-0.2, -0.15) is 0 Å². The van der Waals surface area contributed by atoms with Gasteiger partial charge in [-0.1, -0.05) is 71.7 Å². The number of benzene rings is 3. The van der Waals surface area contributed by atoms with E-state index in [1.807, 2.05) is 32.0 Å². The molecule has 39 heavy (non-hydrogen) atoms. The highest BCUT2D eigenvalue weighted by Gasteiger charge is 2.32. The average molecular weight is 639 g/mol. The quantitative estimate of drug-likeness (QED) is 0.295. The van der Waals surface area contributed by atoms with Crippen molar-refractivity contribution >= 4 is 55.1 Å². The molecule has 0 bridgehead atoms. The Morgan fingerprint density at radius 3 is 2.31 bits per heavy atom. The first kappa shape index (κ1) is 30.6. The minimum atomic E-state index is -4.26. The number of hydrogen-bond acceptors (Lipinski definition) is 4. The minimum Gasteiger partial charge on any atom is -0.354 e. The predicted molar refractivity (Wildman–Crippen MR) is 154 cm³/mol. The normalized spacial score (nSPS) is 12.2. The van der Waals surface area contributed by atoms with Gasteiger partial charge in [-0.05, 0) is 60.9 Å². The van der Waals surface area contributed by atoms with Crippen LogP contribution in [-0.2, 0) is 26.2 Å². The molecule has 0 aromatic heterocycles. The van der Waals surface area contributed by atoms with Gasteiger partial charge in [-0.3, -0.25) is 13.9 Å². The third-order valence-electron chi connectivity index (χ3n) is 5.90. The Bertz CT molecular complexity index is 1420. The Hall–Kier alpha value is -2.95. The fourth-order valence-corrected chi connectivity index (χ4v) is 5.80. The summed E-state index contributed by atoms with van der Waals surface area (Å²) in [4.78, 5) is 28.1. The molecule has 3 rings (SSSR count). The monoisotopic (exact) mass is 637 g/mol. The van der Waals surface area contributed by atoms with Crippen LogP contribution in [0, 0.1) is 11.7 Å². The Morgan fingerprint density at radius 1 is 1.00 bits per heavy atom. The van der Waals surface area contributed by atoms with Gasteiger partial charge in [0.25, 0.3) is 10.0 Å². The first-order valence-corrected chi connectivity index (χ1v) is 14.9. The zero-order chi connectivity index (χ0) is 28.7. The van der Waals surface area contributed by atoms with Crippen molar-refractivity contribution in [2.24, 2.45) is 5.92 Å². The summed E-state index contributed by atoms with van der Waals surface area (Å²) in [5.41, 5.74) is 0.751. The smallest absolute Gasteiger partial charge is 0.264 e. The molecule has 0 aliphatic carbocycles. The lowest BCUT2D eigenvalue weighted by molar-refractivity contribution is -0.139. The number of halogens is 3. The molecule has 2 amide bonds. The number of anilines is 1. The summed E-state index contributed by atoms with van der Waals surface area (Å²) >= 11 is 9.40. The summed E-state index contributed by atoms with van der Waals surface area (Å²) in [7, 11) is -4.26. The predicted octanol–water partition coefficient (Wildman–Crippen LogP) is 5.63. The van der Waals surface area contributed by atoms with Gasteiger partial charge in [0.1, 0.15) is 18.4 Å². The van der Waals surface area contributed by atoms with Crippen molar-refractivity contribution in [1.29, 1.82) is 0 Å². The maximum atomic E-state index is 13.9. The first-order valence-electron chi connectivity index (χ1n) is 12.2. The van der Waals surface area contributed by atoms with Crippen LogP contribution in [0.25, 0.3) is 0 Å². The third-order valence-corrected chi connectivity index (χ3v) is 8.47. The topological polar surface area (TPSA) is 86.8 Å². The van der Waals surface area contributed by atoms with Gasteiger partial charge in [0, 0.05) is 17.6 Å². The van der Waals surface area contributed by atoms with Gasteiger partial charge >= 0.3 is 0 Å². The maximum absolute atomic E-state index is 13.9.